The monoisotopic (exact) mass is 1820 g/mol. The van der Waals surface area contributed by atoms with E-state index < -0.39 is 124 Å². The van der Waals surface area contributed by atoms with Gasteiger partial charge in [-0.25, -0.2) is 0 Å². The van der Waals surface area contributed by atoms with E-state index in [1.54, 1.807) is 0 Å². The van der Waals surface area contributed by atoms with Gasteiger partial charge in [-0.3, -0.25) is 0 Å². The number of rotatable bonds is 17. The van der Waals surface area contributed by atoms with Crippen molar-refractivity contribution in [2.24, 2.45) is 48.7 Å². The van der Waals surface area contributed by atoms with Gasteiger partial charge in [0, 0.05) is 103 Å². The van der Waals surface area contributed by atoms with Gasteiger partial charge < -0.3 is 18.9 Å². The zero-order valence-corrected chi connectivity index (χ0v) is 87.5. The van der Waals surface area contributed by atoms with Crippen LogP contribution in [0, 0.1) is 48.7 Å². The van der Waals surface area contributed by atoms with Crippen LogP contribution in [0.25, 0.3) is 99.5 Å². The van der Waals surface area contributed by atoms with Crippen LogP contribution in [0.2, 0.25) is 0 Å². The van der Waals surface area contributed by atoms with E-state index in [2.05, 4.69) is 121 Å². The Kier molecular flexibility index (Phi) is 19.4. The molecule has 0 amide bonds. The lowest BCUT2D eigenvalue weighted by molar-refractivity contribution is 0.411. The highest BCUT2D eigenvalue weighted by molar-refractivity contribution is 7.00. The molecule has 0 N–H and O–H groups in total. The summed E-state index contributed by atoms with van der Waals surface area (Å²) in [5.74, 6) is 0. The maximum atomic E-state index is 11.4. The Balaban J connectivity index is 1.16. The van der Waals surface area contributed by atoms with Crippen molar-refractivity contribution in [3.63, 3.8) is 0 Å². The minimum Gasteiger partial charge on any atom is -0.310 e. The highest BCUT2D eigenvalue weighted by atomic mass is 15.2. The van der Waals surface area contributed by atoms with Crippen molar-refractivity contribution < 1.29 is 24.7 Å². The van der Waals surface area contributed by atoms with Crippen molar-refractivity contribution >= 4 is 101 Å². The second-order valence-corrected chi connectivity index (χ2v) is 50.2. The molecule has 0 unspecified atom stereocenters. The molecule has 0 fully saturated rings. The molecule has 0 aliphatic carbocycles. The number of nitrogens with zero attached hydrogens (tertiary/aromatic N) is 4. The second-order valence-electron chi connectivity index (χ2n) is 50.2. The van der Waals surface area contributed by atoms with Crippen LogP contribution < -0.4 is 26.2 Å². The number of hydrogen-bond acceptors (Lipinski definition) is 2. The van der Waals surface area contributed by atoms with Crippen molar-refractivity contribution in [3.8, 4) is 55.9 Å². The molecule has 13 aromatic carbocycles. The highest BCUT2D eigenvalue weighted by Crippen LogP contribution is 2.57. The predicted octanol–water partition coefficient (Wildman–Crippen LogP) is 35.5. The molecule has 0 atom stereocenters. The Hall–Kier alpha value is -10.9. The summed E-state index contributed by atoms with van der Waals surface area (Å²) in [6, 6.07) is 80.4. The van der Waals surface area contributed by atoms with Crippen LogP contribution in [0.1, 0.15) is 314 Å². The quantitative estimate of drug-likeness (QED) is 0.0845. The van der Waals surface area contributed by atoms with Gasteiger partial charge in [0.05, 0.1) is 33.4 Å². The van der Waals surface area contributed by atoms with E-state index in [1.165, 1.54) is 0 Å². The Bertz CT molecular complexity index is 7300. The Morgan fingerprint density at radius 1 is 0.221 bits per heavy atom. The van der Waals surface area contributed by atoms with E-state index >= 15 is 0 Å². The molecule has 0 saturated carbocycles. The van der Waals surface area contributed by atoms with Crippen molar-refractivity contribution in [3.05, 3.63) is 304 Å². The lowest BCUT2D eigenvalue weighted by atomic mass is 9.33. The maximum absolute atomic E-state index is 11.4. The molecular weight excluding hydrogens is 1640 g/mol. The van der Waals surface area contributed by atoms with Crippen molar-refractivity contribution in [2.45, 2.75) is 297 Å². The van der Waals surface area contributed by atoms with Crippen molar-refractivity contribution in [2.75, 3.05) is 9.80 Å². The Morgan fingerprint density at radius 2 is 0.449 bits per heavy atom. The van der Waals surface area contributed by atoms with Crippen LogP contribution in [0.3, 0.4) is 0 Å². The summed E-state index contributed by atoms with van der Waals surface area (Å²) >= 11 is 0. The first-order valence-electron chi connectivity index (χ1n) is 58.2. The van der Waals surface area contributed by atoms with Crippen LogP contribution in [-0.2, 0) is 68.2 Å². The third-order valence-corrected chi connectivity index (χ3v) is 24.9. The first-order valence-corrected chi connectivity index (χ1v) is 49.2. The molecule has 4 heterocycles. The normalized spacial score (nSPS) is 16.8. The van der Waals surface area contributed by atoms with Crippen molar-refractivity contribution in [1.29, 1.82) is 0 Å². The molecule has 2 aliphatic heterocycles. The smallest absolute Gasteiger partial charge is 0.252 e. The molecule has 4 nitrogen and oxygen atoms in total. The van der Waals surface area contributed by atoms with E-state index in [1.807, 2.05) is 369 Å². The minimum absolute atomic E-state index is 0.269. The lowest BCUT2D eigenvalue weighted by Gasteiger charge is -2.46. The van der Waals surface area contributed by atoms with Crippen LogP contribution in [0.5, 0.6) is 0 Å². The van der Waals surface area contributed by atoms with Gasteiger partial charge in [0.25, 0.3) is 6.71 Å². The lowest BCUT2D eigenvalue weighted by Crippen LogP contribution is -2.61. The largest absolute Gasteiger partial charge is 0.310 e. The summed E-state index contributed by atoms with van der Waals surface area (Å²) < 4.78 is 189. The summed E-state index contributed by atoms with van der Waals surface area (Å²) in [5.41, 5.74) is 10.7. The van der Waals surface area contributed by atoms with E-state index in [-0.39, 0.29) is 5.56 Å². The topological polar surface area (TPSA) is 16.3 Å². The zero-order chi connectivity index (χ0) is 114. The molecule has 15 aromatic rings. The molecule has 704 valence electrons. The Labute approximate surface area is 845 Å². The standard InChI is InChI=1S/C131H157BN4/c1-121(2,3)74-83-38-34-42-92(58-83)100-68-96(130(28,29)30)69-101(93-43-35-39-84(59-93)75-122(4,5)6)119(100)135-114-72-98(133-110-54-46-87(78-125(13,14)15)62-104(110)105-63-88(47-55-111(105)133)79-126(16,17)18)50-52-108(114)132-109-53-51-99(134-112-56-48-89(80-127(19,20)21)64-106(112)107-65-90(49-57-113(107)134)81-128(22,23)24)73-115(109)136(117-67-91(82-129(25,26)27)66-116(135)118(117)132)120-102(94-44-36-40-85(60-94)76-123(7,8)9)70-97(131(31,32)33)71-103(120)95-45-37-41-86(61-95)77-124(10,11)12/h34-73H,74-82H2,1-33H3/i74D2,75D2,76D2,77D2,78D2,79D2,80D2,81D2,82D2. The molecule has 17 rings (SSSR count). The number of fused-ring (bicyclic) bond motifs is 10. The number of hydrogen-bond donors (Lipinski definition) is 0. The molecular formula is C131H157BN4. The first kappa shape index (κ1) is 76.1. The summed E-state index contributed by atoms with van der Waals surface area (Å²) in [5, 5.41) is 2.74. The molecule has 5 heteroatoms. The SMILES string of the molecule is [2H]C([2H])(c1cccc(-c2cc(C(C)(C)C)cc(-c3cccc(C([2H])([2H])C(C)(C)C)c3)c2N2c3cc(-n4c5ccc(C([2H])([2H])C(C)(C)C)cc5c5cc(C([2H])([2H])C(C)(C)C)ccc54)ccc3B3c4ccc(-n5c6ccc(C([2H])([2H])C(C)(C)C)cc6c6cc(C([2H])([2H])C(C)(C)C)ccc65)cc4N(c4c(-c5cccc(C([2H])([2H])C(C)(C)C)c5)cc(C(C)(C)C)cc4-c4cccc(C([2H])([2H])C(C)(C)C)c4)c4cc(C([2H])([2H])C(C)(C)C)cc2c43)c1)C(C)(C)C. The maximum Gasteiger partial charge on any atom is 0.252 e. The minimum atomic E-state index is -2.28. The van der Waals surface area contributed by atoms with Gasteiger partial charge in [0.15, 0.2) is 0 Å². The van der Waals surface area contributed by atoms with Crippen LogP contribution in [-0.4, -0.2) is 15.8 Å². The van der Waals surface area contributed by atoms with E-state index in [9.17, 15) is 24.7 Å². The first-order chi connectivity index (χ1) is 70.2. The summed E-state index contributed by atoms with van der Waals surface area (Å²) in [6.45, 7) is 63.5. The second kappa shape index (κ2) is 34.6. The molecule has 136 heavy (non-hydrogen) atoms. The van der Waals surface area contributed by atoms with Gasteiger partial charge in [0.1, 0.15) is 0 Å². The third kappa shape index (κ3) is 20.9. The summed E-state index contributed by atoms with van der Waals surface area (Å²) in [6.07, 6.45) is -17.6. The molecule has 0 saturated heterocycles. The molecule has 0 spiro atoms. The van der Waals surface area contributed by atoms with Crippen LogP contribution >= 0.6 is 0 Å². The molecule has 2 aromatic heterocycles. The van der Waals surface area contributed by atoms with Crippen molar-refractivity contribution in [1.82, 2.24) is 9.13 Å². The fourth-order valence-corrected chi connectivity index (χ4v) is 20.2. The van der Waals surface area contributed by atoms with Crippen LogP contribution in [0.15, 0.2) is 243 Å². The van der Waals surface area contributed by atoms with Gasteiger partial charge >= 0.3 is 0 Å². The van der Waals surface area contributed by atoms with E-state index in [0.717, 1.165) is 22.1 Å². The summed E-state index contributed by atoms with van der Waals surface area (Å²) in [7, 11) is 0. The fraction of sp³-hybridized carbons (Fsp3) is 0.405. The molecule has 0 radical (unpaired) electrons. The molecule has 2 aliphatic rings. The predicted molar refractivity (Wildman–Crippen MR) is 597 cm³/mol. The average molecular weight is 1820 g/mol. The Morgan fingerprint density at radius 3 is 0.676 bits per heavy atom. The van der Waals surface area contributed by atoms with Gasteiger partial charge in [0.2, 0.25) is 0 Å². The van der Waals surface area contributed by atoms with Crippen LogP contribution in [0.4, 0.5) is 34.1 Å². The number of anilines is 6. The van der Waals surface area contributed by atoms with Gasteiger partial charge in [-0.1, -0.05) is 362 Å². The van der Waals surface area contributed by atoms with Gasteiger partial charge in [-0.05, 0) is 326 Å². The molecule has 0 bridgehead atoms. The zero-order valence-electron chi connectivity index (χ0n) is 105. The van der Waals surface area contributed by atoms with E-state index in [4.69, 9.17) is 0 Å². The third-order valence-electron chi connectivity index (χ3n) is 24.9. The average Bonchev–Trinajstić information content (AvgIpc) is 0.745. The highest BCUT2D eigenvalue weighted by Gasteiger charge is 2.47. The number of aromatic nitrogens is 2. The number of benzene rings is 13. The van der Waals surface area contributed by atoms with Gasteiger partial charge in [-0.2, -0.15) is 0 Å². The van der Waals surface area contributed by atoms with Gasteiger partial charge in [-0.15, -0.1) is 0 Å². The fourth-order valence-electron chi connectivity index (χ4n) is 20.2. The summed E-state index contributed by atoms with van der Waals surface area (Å²) in [4.78, 5) is 4.62. The van der Waals surface area contributed by atoms with E-state index in [0.29, 0.717) is 184 Å².